The van der Waals surface area contributed by atoms with Gasteiger partial charge in [0.05, 0.1) is 10.6 Å². The Kier molecular flexibility index (Phi) is 4.53. The second kappa shape index (κ2) is 6.16. The highest BCUT2D eigenvalue weighted by Gasteiger charge is 2.14. The number of hydrogen-bond acceptors (Lipinski definition) is 2. The van der Waals surface area contributed by atoms with Crippen molar-refractivity contribution in [3.05, 3.63) is 63.1 Å². The highest BCUT2D eigenvalue weighted by atomic mass is 35.5. The van der Waals surface area contributed by atoms with Gasteiger partial charge in [0.2, 0.25) is 0 Å². The molecule has 104 valence electrons. The Hall–Kier alpha value is -1.71. The molecule has 0 heterocycles. The van der Waals surface area contributed by atoms with Crippen LogP contribution in [0.15, 0.2) is 36.4 Å². The first-order chi connectivity index (χ1) is 9.47. The van der Waals surface area contributed by atoms with E-state index in [0.29, 0.717) is 11.6 Å². The summed E-state index contributed by atoms with van der Waals surface area (Å²) in [5, 5.41) is 3.45. The van der Waals surface area contributed by atoms with Gasteiger partial charge in [-0.1, -0.05) is 53.0 Å². The van der Waals surface area contributed by atoms with Crippen LogP contribution in [0, 0.1) is 6.92 Å². The normalized spacial score (nSPS) is 10.3. The SMILES string of the molecule is Cc1cccc(CNC(=O)c2c(N)cc(Cl)cc2Cl)c1. The highest BCUT2D eigenvalue weighted by Crippen LogP contribution is 2.27. The molecule has 20 heavy (non-hydrogen) atoms. The van der Waals surface area contributed by atoms with Gasteiger partial charge in [-0.15, -0.1) is 0 Å². The number of aryl methyl sites for hydroxylation is 1. The zero-order chi connectivity index (χ0) is 14.7. The summed E-state index contributed by atoms with van der Waals surface area (Å²) in [6.07, 6.45) is 0. The first-order valence-corrected chi connectivity index (χ1v) is 6.81. The molecule has 3 N–H and O–H groups in total. The van der Waals surface area contributed by atoms with E-state index in [0.717, 1.165) is 11.1 Å². The molecule has 0 spiro atoms. The van der Waals surface area contributed by atoms with E-state index in [1.165, 1.54) is 12.1 Å². The van der Waals surface area contributed by atoms with Crippen molar-refractivity contribution in [2.24, 2.45) is 0 Å². The predicted molar refractivity (Wildman–Crippen MR) is 83.2 cm³/mol. The van der Waals surface area contributed by atoms with Crippen LogP contribution in [0.1, 0.15) is 21.5 Å². The van der Waals surface area contributed by atoms with E-state index in [1.54, 1.807) is 0 Å². The molecule has 0 unspecified atom stereocenters. The Balaban J connectivity index is 2.13. The molecule has 0 aliphatic rings. The lowest BCUT2D eigenvalue weighted by atomic mass is 10.1. The molecule has 2 rings (SSSR count). The lowest BCUT2D eigenvalue weighted by Crippen LogP contribution is -2.24. The van der Waals surface area contributed by atoms with Gasteiger partial charge in [0.1, 0.15) is 0 Å². The molecule has 0 saturated carbocycles. The fourth-order valence-corrected chi connectivity index (χ4v) is 2.52. The molecule has 1 amide bonds. The molecule has 0 atom stereocenters. The molecule has 0 aromatic heterocycles. The van der Waals surface area contributed by atoms with Gasteiger partial charge in [-0.25, -0.2) is 0 Å². The van der Waals surface area contributed by atoms with Gasteiger partial charge >= 0.3 is 0 Å². The largest absolute Gasteiger partial charge is 0.398 e. The van der Waals surface area contributed by atoms with Crippen LogP contribution in [0.3, 0.4) is 0 Å². The summed E-state index contributed by atoms with van der Waals surface area (Å²) < 4.78 is 0. The third-order valence-corrected chi connectivity index (χ3v) is 3.36. The third kappa shape index (κ3) is 3.44. The first-order valence-electron chi connectivity index (χ1n) is 6.05. The summed E-state index contributed by atoms with van der Waals surface area (Å²) in [7, 11) is 0. The van der Waals surface area contributed by atoms with E-state index in [-0.39, 0.29) is 22.2 Å². The summed E-state index contributed by atoms with van der Waals surface area (Å²) in [5.41, 5.74) is 8.46. The number of nitrogens with two attached hydrogens (primary N) is 1. The fraction of sp³-hybridized carbons (Fsp3) is 0.133. The molecule has 2 aromatic carbocycles. The van der Waals surface area contributed by atoms with E-state index in [2.05, 4.69) is 5.32 Å². The first kappa shape index (κ1) is 14.7. The second-order valence-electron chi connectivity index (χ2n) is 4.52. The van der Waals surface area contributed by atoms with Gasteiger partial charge in [-0.2, -0.15) is 0 Å². The van der Waals surface area contributed by atoms with Crippen molar-refractivity contribution in [2.75, 3.05) is 5.73 Å². The molecule has 0 radical (unpaired) electrons. The highest BCUT2D eigenvalue weighted by molar-refractivity contribution is 6.37. The quantitative estimate of drug-likeness (QED) is 0.847. The summed E-state index contributed by atoms with van der Waals surface area (Å²) >= 11 is 11.8. The molecular formula is C15H14Cl2N2O. The van der Waals surface area contributed by atoms with E-state index in [1.807, 2.05) is 31.2 Å². The van der Waals surface area contributed by atoms with Gasteiger partial charge in [0.25, 0.3) is 5.91 Å². The van der Waals surface area contributed by atoms with E-state index >= 15 is 0 Å². The Labute approximate surface area is 127 Å². The Morgan fingerprint density at radius 2 is 2.00 bits per heavy atom. The monoisotopic (exact) mass is 308 g/mol. The van der Waals surface area contributed by atoms with Crippen molar-refractivity contribution in [1.29, 1.82) is 0 Å². The van der Waals surface area contributed by atoms with Crippen LogP contribution in [-0.2, 0) is 6.54 Å². The number of hydrogen-bond donors (Lipinski definition) is 2. The van der Waals surface area contributed by atoms with Crippen molar-refractivity contribution in [1.82, 2.24) is 5.32 Å². The summed E-state index contributed by atoms with van der Waals surface area (Å²) in [6, 6.07) is 10.9. The molecule has 0 saturated heterocycles. The number of nitrogen functional groups attached to an aromatic ring is 1. The molecule has 3 nitrogen and oxygen atoms in total. The van der Waals surface area contributed by atoms with E-state index in [4.69, 9.17) is 28.9 Å². The average molecular weight is 309 g/mol. The molecule has 5 heteroatoms. The van der Waals surface area contributed by atoms with Crippen LogP contribution < -0.4 is 11.1 Å². The van der Waals surface area contributed by atoms with Crippen molar-refractivity contribution in [3.8, 4) is 0 Å². The smallest absolute Gasteiger partial charge is 0.255 e. The fourth-order valence-electron chi connectivity index (χ4n) is 1.93. The zero-order valence-corrected chi connectivity index (χ0v) is 12.4. The number of nitrogens with one attached hydrogen (secondary N) is 1. The number of halogens is 2. The lowest BCUT2D eigenvalue weighted by Gasteiger charge is -2.10. The van der Waals surface area contributed by atoms with Crippen LogP contribution in [0.5, 0.6) is 0 Å². The summed E-state index contributed by atoms with van der Waals surface area (Å²) in [4.78, 5) is 12.1. The van der Waals surface area contributed by atoms with Gasteiger partial charge in [0.15, 0.2) is 0 Å². The number of carbonyl (C=O) groups is 1. The maximum Gasteiger partial charge on any atom is 0.255 e. The molecule has 0 fully saturated rings. The van der Waals surface area contributed by atoms with Crippen molar-refractivity contribution < 1.29 is 4.79 Å². The minimum atomic E-state index is -0.314. The van der Waals surface area contributed by atoms with Crippen LogP contribution in [-0.4, -0.2) is 5.91 Å². The average Bonchev–Trinajstić information content (AvgIpc) is 2.35. The molecule has 2 aromatic rings. The Bertz CT molecular complexity index is 633. The molecule has 0 aliphatic carbocycles. The van der Waals surface area contributed by atoms with Crippen LogP contribution in [0.4, 0.5) is 5.69 Å². The minimum Gasteiger partial charge on any atom is -0.398 e. The third-order valence-electron chi connectivity index (χ3n) is 2.85. The predicted octanol–water partition coefficient (Wildman–Crippen LogP) is 3.81. The van der Waals surface area contributed by atoms with E-state index in [9.17, 15) is 4.79 Å². The number of amides is 1. The van der Waals surface area contributed by atoms with Gasteiger partial charge in [-0.3, -0.25) is 4.79 Å². The number of rotatable bonds is 3. The van der Waals surface area contributed by atoms with Gasteiger partial charge in [-0.05, 0) is 24.6 Å². The van der Waals surface area contributed by atoms with Crippen LogP contribution >= 0.6 is 23.2 Å². The number of carbonyl (C=O) groups excluding carboxylic acids is 1. The van der Waals surface area contributed by atoms with Crippen molar-refractivity contribution >= 4 is 34.8 Å². The zero-order valence-electron chi connectivity index (χ0n) is 10.9. The minimum absolute atomic E-state index is 0.247. The number of anilines is 1. The van der Waals surface area contributed by atoms with Crippen molar-refractivity contribution in [2.45, 2.75) is 13.5 Å². The van der Waals surface area contributed by atoms with Crippen LogP contribution in [0.25, 0.3) is 0 Å². The lowest BCUT2D eigenvalue weighted by molar-refractivity contribution is 0.0952. The maximum atomic E-state index is 12.1. The number of benzene rings is 2. The maximum absolute atomic E-state index is 12.1. The summed E-state index contributed by atoms with van der Waals surface area (Å²) in [6.45, 7) is 2.41. The molecule has 0 bridgehead atoms. The van der Waals surface area contributed by atoms with Gasteiger partial charge in [0, 0.05) is 17.3 Å². The summed E-state index contributed by atoms with van der Waals surface area (Å²) in [5.74, 6) is -0.314. The van der Waals surface area contributed by atoms with Crippen LogP contribution in [0.2, 0.25) is 10.0 Å². The van der Waals surface area contributed by atoms with Crippen molar-refractivity contribution in [3.63, 3.8) is 0 Å². The second-order valence-corrected chi connectivity index (χ2v) is 5.37. The Morgan fingerprint density at radius 1 is 1.25 bits per heavy atom. The van der Waals surface area contributed by atoms with E-state index < -0.39 is 0 Å². The topological polar surface area (TPSA) is 55.1 Å². The standard InChI is InChI=1S/C15H14Cl2N2O/c1-9-3-2-4-10(5-9)8-19-15(20)14-12(17)6-11(16)7-13(14)18/h2-7H,8,18H2,1H3,(H,19,20). The Morgan fingerprint density at radius 3 is 2.65 bits per heavy atom. The molecule has 0 aliphatic heterocycles. The molecular weight excluding hydrogens is 295 g/mol. The van der Waals surface area contributed by atoms with Gasteiger partial charge < -0.3 is 11.1 Å².